The molecule has 0 spiro atoms. The number of rotatable bonds is 6. The number of allylic oxidation sites excluding steroid dienone is 1. The number of aryl methyl sites for hydroxylation is 1. The van der Waals surface area contributed by atoms with E-state index in [0.717, 1.165) is 49.8 Å². The van der Waals surface area contributed by atoms with E-state index in [9.17, 15) is 8.78 Å². The molecule has 0 atom stereocenters. The number of halogens is 2. The van der Waals surface area contributed by atoms with Crippen LogP contribution in [0.2, 0.25) is 0 Å². The highest BCUT2D eigenvalue weighted by atomic mass is 19.1. The van der Waals surface area contributed by atoms with Gasteiger partial charge < -0.3 is 5.32 Å². The summed E-state index contributed by atoms with van der Waals surface area (Å²) in [4.78, 5) is 0. The average Bonchev–Trinajstić information content (AvgIpc) is 2.68. The number of benzene rings is 2. The van der Waals surface area contributed by atoms with Crippen LogP contribution in [0.4, 0.5) is 8.78 Å². The SMILES string of the molecule is C=C(CCC1CCC(c2ccc(C)cc2)(c2cc(F)ccc2F)CC1)NC(C)(C)C. The van der Waals surface area contributed by atoms with Crippen LogP contribution in [0.1, 0.15) is 76.0 Å². The van der Waals surface area contributed by atoms with Crippen LogP contribution in [0.25, 0.3) is 0 Å². The molecule has 1 aliphatic carbocycles. The third-order valence-electron chi connectivity index (χ3n) is 6.41. The van der Waals surface area contributed by atoms with Crippen molar-refractivity contribution in [1.29, 1.82) is 0 Å². The van der Waals surface area contributed by atoms with Gasteiger partial charge in [0.15, 0.2) is 0 Å². The van der Waals surface area contributed by atoms with Gasteiger partial charge in [-0.05, 0) is 95.9 Å². The number of hydrogen-bond donors (Lipinski definition) is 1. The first kappa shape index (κ1) is 22.5. The molecule has 1 aliphatic rings. The summed E-state index contributed by atoms with van der Waals surface area (Å²) in [6.45, 7) is 12.6. The molecule has 3 heteroatoms. The van der Waals surface area contributed by atoms with Gasteiger partial charge in [-0.3, -0.25) is 0 Å². The lowest BCUT2D eigenvalue weighted by Gasteiger charge is -2.42. The van der Waals surface area contributed by atoms with Gasteiger partial charge in [-0.2, -0.15) is 0 Å². The van der Waals surface area contributed by atoms with Gasteiger partial charge in [0.1, 0.15) is 11.6 Å². The van der Waals surface area contributed by atoms with E-state index in [0.29, 0.717) is 11.5 Å². The molecule has 0 aromatic heterocycles. The maximum Gasteiger partial charge on any atom is 0.127 e. The van der Waals surface area contributed by atoms with Crippen molar-refractivity contribution < 1.29 is 8.78 Å². The van der Waals surface area contributed by atoms with E-state index in [1.165, 1.54) is 23.8 Å². The van der Waals surface area contributed by atoms with Crippen LogP contribution in [0.5, 0.6) is 0 Å². The molecule has 2 aromatic carbocycles. The summed E-state index contributed by atoms with van der Waals surface area (Å²) in [6.07, 6.45) is 5.71. The lowest BCUT2D eigenvalue weighted by Crippen LogP contribution is -2.35. The monoisotopic (exact) mass is 411 g/mol. The molecule has 1 nitrogen and oxygen atoms in total. The van der Waals surface area contributed by atoms with Crippen molar-refractivity contribution in [2.75, 3.05) is 0 Å². The highest BCUT2D eigenvalue weighted by Gasteiger charge is 2.40. The average molecular weight is 412 g/mol. The second-order valence-electron chi connectivity index (χ2n) is 10.0. The molecule has 1 saturated carbocycles. The lowest BCUT2D eigenvalue weighted by atomic mass is 9.62. The zero-order valence-electron chi connectivity index (χ0n) is 18.8. The van der Waals surface area contributed by atoms with Crippen LogP contribution in [0.15, 0.2) is 54.7 Å². The Morgan fingerprint density at radius 2 is 1.70 bits per heavy atom. The maximum absolute atomic E-state index is 14.9. The second kappa shape index (κ2) is 8.91. The van der Waals surface area contributed by atoms with Crippen LogP contribution in [0.3, 0.4) is 0 Å². The molecule has 162 valence electrons. The molecular formula is C27H35F2N. The standard InChI is InChI=1S/C27H35F2N/c1-19-6-10-22(11-7-19)27(24-18-23(28)12-13-25(24)29)16-14-21(15-17-27)9-8-20(2)30-26(3,4)5/h6-7,10-13,18,21,30H,2,8-9,14-17H2,1,3-5H3. The Kier molecular flexibility index (Phi) is 6.69. The fraction of sp³-hybridized carbons (Fsp3) is 0.481. The minimum atomic E-state index is -0.461. The molecule has 0 amide bonds. The Morgan fingerprint density at radius 1 is 1.07 bits per heavy atom. The molecule has 2 aromatic rings. The smallest absolute Gasteiger partial charge is 0.127 e. The van der Waals surface area contributed by atoms with Gasteiger partial charge in [0.2, 0.25) is 0 Å². The van der Waals surface area contributed by atoms with Gasteiger partial charge in [-0.1, -0.05) is 36.4 Å². The van der Waals surface area contributed by atoms with Crippen LogP contribution in [-0.4, -0.2) is 5.54 Å². The van der Waals surface area contributed by atoms with E-state index >= 15 is 0 Å². The molecule has 0 saturated heterocycles. The second-order valence-corrected chi connectivity index (χ2v) is 10.0. The van der Waals surface area contributed by atoms with Crippen LogP contribution >= 0.6 is 0 Å². The molecule has 0 aliphatic heterocycles. The fourth-order valence-corrected chi connectivity index (χ4v) is 4.88. The quantitative estimate of drug-likeness (QED) is 0.521. The molecule has 30 heavy (non-hydrogen) atoms. The van der Waals surface area contributed by atoms with Crippen molar-refractivity contribution in [3.63, 3.8) is 0 Å². The molecular weight excluding hydrogens is 376 g/mol. The van der Waals surface area contributed by atoms with Gasteiger partial charge in [-0.15, -0.1) is 0 Å². The normalized spacial score (nSPS) is 22.0. The Labute approximate surface area is 180 Å². The van der Waals surface area contributed by atoms with Crippen molar-refractivity contribution in [2.24, 2.45) is 5.92 Å². The Morgan fingerprint density at radius 3 is 2.30 bits per heavy atom. The topological polar surface area (TPSA) is 12.0 Å². The summed E-state index contributed by atoms with van der Waals surface area (Å²) in [5, 5.41) is 3.46. The molecule has 0 radical (unpaired) electrons. The third-order valence-corrected chi connectivity index (χ3v) is 6.41. The van der Waals surface area contributed by atoms with Crippen molar-refractivity contribution in [3.05, 3.63) is 83.1 Å². The van der Waals surface area contributed by atoms with Gasteiger partial charge in [0, 0.05) is 22.2 Å². The number of hydrogen-bond acceptors (Lipinski definition) is 1. The van der Waals surface area contributed by atoms with Crippen molar-refractivity contribution in [3.8, 4) is 0 Å². The number of nitrogens with one attached hydrogen (secondary N) is 1. The maximum atomic E-state index is 14.9. The zero-order chi connectivity index (χ0) is 21.9. The van der Waals surface area contributed by atoms with Crippen molar-refractivity contribution >= 4 is 0 Å². The summed E-state index contributed by atoms with van der Waals surface area (Å²) in [7, 11) is 0. The van der Waals surface area contributed by atoms with E-state index in [1.54, 1.807) is 0 Å². The molecule has 1 N–H and O–H groups in total. The van der Waals surface area contributed by atoms with E-state index in [2.05, 4.69) is 63.9 Å². The summed E-state index contributed by atoms with van der Waals surface area (Å²) in [5.41, 5.74) is 3.41. The molecule has 1 fully saturated rings. The van der Waals surface area contributed by atoms with E-state index in [4.69, 9.17) is 0 Å². The highest BCUT2D eigenvalue weighted by Crippen LogP contribution is 2.48. The minimum Gasteiger partial charge on any atom is -0.384 e. The van der Waals surface area contributed by atoms with Crippen molar-refractivity contribution in [1.82, 2.24) is 5.32 Å². The van der Waals surface area contributed by atoms with Crippen LogP contribution in [0, 0.1) is 24.5 Å². The van der Waals surface area contributed by atoms with Crippen LogP contribution < -0.4 is 5.32 Å². The minimum absolute atomic E-state index is 0.0269. The summed E-state index contributed by atoms with van der Waals surface area (Å²) >= 11 is 0. The first-order chi connectivity index (χ1) is 14.1. The van der Waals surface area contributed by atoms with E-state index < -0.39 is 5.41 Å². The highest BCUT2D eigenvalue weighted by molar-refractivity contribution is 5.42. The molecule has 0 unspecified atom stereocenters. The van der Waals surface area contributed by atoms with Crippen LogP contribution in [-0.2, 0) is 5.41 Å². The van der Waals surface area contributed by atoms with Gasteiger partial charge in [-0.25, -0.2) is 8.78 Å². The Bertz CT molecular complexity index is 869. The van der Waals surface area contributed by atoms with Gasteiger partial charge in [0.05, 0.1) is 0 Å². The predicted molar refractivity (Wildman–Crippen MR) is 122 cm³/mol. The summed E-state index contributed by atoms with van der Waals surface area (Å²) in [5.74, 6) is -0.0959. The summed E-state index contributed by atoms with van der Waals surface area (Å²) in [6, 6.07) is 12.2. The Hall–Kier alpha value is -2.16. The largest absolute Gasteiger partial charge is 0.384 e. The molecule has 3 rings (SSSR count). The Balaban J connectivity index is 1.79. The van der Waals surface area contributed by atoms with Crippen molar-refractivity contribution in [2.45, 2.75) is 77.2 Å². The first-order valence-electron chi connectivity index (χ1n) is 11.1. The van der Waals surface area contributed by atoms with E-state index in [-0.39, 0.29) is 17.2 Å². The van der Waals surface area contributed by atoms with Gasteiger partial charge >= 0.3 is 0 Å². The predicted octanol–water partition coefficient (Wildman–Crippen LogP) is 7.43. The third kappa shape index (κ3) is 5.30. The zero-order valence-corrected chi connectivity index (χ0v) is 18.8. The first-order valence-corrected chi connectivity index (χ1v) is 11.1. The summed E-state index contributed by atoms with van der Waals surface area (Å²) < 4.78 is 29.0. The van der Waals surface area contributed by atoms with Gasteiger partial charge in [0.25, 0.3) is 0 Å². The molecule has 0 bridgehead atoms. The fourth-order valence-electron chi connectivity index (χ4n) is 4.88. The lowest BCUT2D eigenvalue weighted by molar-refractivity contribution is 0.248. The van der Waals surface area contributed by atoms with E-state index in [1.807, 2.05) is 0 Å². The molecule has 0 heterocycles.